The summed E-state index contributed by atoms with van der Waals surface area (Å²) in [7, 11) is 9.26. The van der Waals surface area contributed by atoms with E-state index in [1.165, 1.54) is 0 Å². The number of aromatic nitrogens is 4. The van der Waals surface area contributed by atoms with Crippen LogP contribution in [0.3, 0.4) is 0 Å². The summed E-state index contributed by atoms with van der Waals surface area (Å²) in [5.74, 6) is 8.92. The van der Waals surface area contributed by atoms with Crippen LogP contribution in [-0.4, -0.2) is 215 Å². The molecule has 6 bridgehead atoms. The molecule has 0 spiro atoms. The van der Waals surface area contributed by atoms with Gasteiger partial charge in [-0.1, -0.05) is 153 Å². The summed E-state index contributed by atoms with van der Waals surface area (Å²) in [5, 5.41) is 5.27. The number of halogens is 4. The first-order valence-corrected chi connectivity index (χ1v) is 51.7. The van der Waals surface area contributed by atoms with Crippen molar-refractivity contribution < 1.29 is 79.0 Å². The van der Waals surface area contributed by atoms with E-state index in [2.05, 4.69) is 187 Å². The van der Waals surface area contributed by atoms with Gasteiger partial charge in [0.2, 0.25) is 5.82 Å². The van der Waals surface area contributed by atoms with Gasteiger partial charge in [-0.25, -0.2) is 4.99 Å². The molecule has 10 rings (SSSR count). The van der Waals surface area contributed by atoms with Crippen molar-refractivity contribution >= 4 is 155 Å². The number of amidine groups is 2. The SMILES string of the molecule is CC[N+](C)(CC)CCSc1c(Cl)c(OCCC(C)C)c2c(c1OCCC(C)C)C1=Nc3c4c(OCCC(C)C)c(Cl)c(SCC[N+](C)(CC)CC)c(OCCC(C)C)c4c4nc5c6c(C)c(Cl)c(SCC[N+](C)(CC)CC)c(COCC(C)C)c6c([n+]-5on34)N=c3[n-]c(c4c(OCCC(C)C)c(SCC[N+](C)(CC)CC)c(Cl)c(OCCC(C)C)c34)=NC2=N1.[V]. The molecule has 0 saturated heterocycles. The third kappa shape index (κ3) is 24.2. The maximum Gasteiger partial charge on any atom is 0.286 e. The molecule has 0 amide bonds. The van der Waals surface area contributed by atoms with Gasteiger partial charge in [0.1, 0.15) is 49.2 Å². The summed E-state index contributed by atoms with van der Waals surface area (Å²) in [6.07, 6.45) is 4.34. The van der Waals surface area contributed by atoms with Crippen LogP contribution in [0, 0.1) is 48.3 Å². The van der Waals surface area contributed by atoms with Gasteiger partial charge in [-0.2, -0.15) is 9.62 Å². The van der Waals surface area contributed by atoms with Crippen molar-refractivity contribution in [2.45, 2.75) is 224 Å². The van der Waals surface area contributed by atoms with Crippen LogP contribution in [0.25, 0.3) is 43.8 Å². The number of rotatable bonds is 52. The van der Waals surface area contributed by atoms with Crippen LogP contribution >= 0.6 is 93.5 Å². The van der Waals surface area contributed by atoms with E-state index in [0.717, 1.165) is 149 Å². The number of aryl methyl sites for hydroxylation is 1. The third-order valence-corrected chi connectivity index (χ3v) is 31.9. The molecule has 0 N–H and O–H groups in total. The molecule has 0 saturated carbocycles. The van der Waals surface area contributed by atoms with Gasteiger partial charge in [-0.05, 0) is 152 Å². The number of nitrogens with zero attached hydrogens (tertiary/aromatic N) is 12. The predicted octanol–water partition coefficient (Wildman–Crippen LogP) is 23.4. The first kappa shape index (κ1) is 104. The minimum absolute atomic E-state index is 0. The predicted molar refractivity (Wildman–Crippen MR) is 524 cm³/mol. The molecular formula is C96H148Cl4N12O8S4V+4. The smallest absolute Gasteiger partial charge is 0.286 e. The average molecular weight is 1920 g/mol. The summed E-state index contributed by atoms with van der Waals surface area (Å²) < 4.78 is 66.5. The van der Waals surface area contributed by atoms with E-state index in [1.807, 2.05) is 0 Å². The fraction of sp³-hybridized carbons (Fsp3) is 0.667. The Bertz CT molecular complexity index is 5170. The molecule has 0 unspecified atom stereocenters. The van der Waals surface area contributed by atoms with Crippen molar-refractivity contribution in [3.8, 4) is 40.3 Å². The van der Waals surface area contributed by atoms with E-state index in [4.69, 9.17) is 114 Å². The number of fused-ring (bicyclic) bond motifs is 15. The van der Waals surface area contributed by atoms with Crippen molar-refractivity contribution in [2.24, 2.45) is 61.4 Å². The first-order valence-electron chi connectivity index (χ1n) is 46.2. The molecule has 29 heteroatoms. The fourth-order valence-electron chi connectivity index (χ4n) is 14.9. The number of thioether (sulfide) groups is 4. The second-order valence-corrected chi connectivity index (χ2v) is 43.9. The van der Waals surface area contributed by atoms with Crippen molar-refractivity contribution in [1.29, 1.82) is 0 Å². The zero-order valence-corrected chi connectivity index (χ0v) is 88.2. The second-order valence-electron chi connectivity index (χ2n) is 38.0. The molecule has 2 aromatic heterocycles. The van der Waals surface area contributed by atoms with Crippen molar-refractivity contribution in [1.82, 2.24) is 14.5 Å². The van der Waals surface area contributed by atoms with Crippen LogP contribution < -0.4 is 49.1 Å². The normalized spacial score (nSPS) is 13.4. The van der Waals surface area contributed by atoms with Crippen LogP contribution in [0.4, 0.5) is 11.6 Å². The number of ether oxygens (including phenoxy) is 7. The van der Waals surface area contributed by atoms with Gasteiger partial charge in [0.15, 0.2) is 17.4 Å². The Balaban J connectivity index is 0.0000177. The number of benzene rings is 4. The molecule has 20 nitrogen and oxygen atoms in total. The minimum Gasteiger partial charge on any atom is -0.492 e. The van der Waals surface area contributed by atoms with Gasteiger partial charge in [0.05, 0.1) is 200 Å². The van der Waals surface area contributed by atoms with E-state index >= 15 is 0 Å². The Labute approximate surface area is 796 Å². The largest absolute Gasteiger partial charge is 0.492 e. The van der Waals surface area contributed by atoms with E-state index in [0.29, 0.717) is 201 Å². The molecule has 4 aromatic carbocycles. The number of hydrogen-bond donors (Lipinski definition) is 0. The number of hydrogen-bond acceptors (Lipinski definition) is 17. The Morgan fingerprint density at radius 1 is 0.400 bits per heavy atom. The maximum atomic E-state index is 8.35. The molecule has 4 aliphatic heterocycles. The van der Waals surface area contributed by atoms with Crippen molar-refractivity contribution in [2.75, 3.05) is 176 Å². The average Bonchev–Trinajstić information content (AvgIpc) is 1.53. The Hall–Kier alpha value is -4.22. The molecule has 693 valence electrons. The van der Waals surface area contributed by atoms with Crippen LogP contribution in [0.2, 0.25) is 20.1 Å². The standard InChI is InChI=1S/C96H148Cl4N12O8S4.V/c1-28-109(24,29-2)42-52-121-85-66(57-113-56-64(21)22)68-67(65(23)75(85)97)93-106-96-74-73(81(116-48-38-60(13)14)78(100)88(84(74)119-51-41-63(19)20)124-55-45-112(27,34-7)35-8)95-105-92-72-69(79(114-46-36-58(9)10)76(98)87(83(72)118-50-40-62(17)18)123-54-44-111(26,32-5)33-6)89(102-92)101-90-71-70(91(103-90)104-94(68)107(93)120-108(95)96)80(115-47-37-59(11)12)77(99)86(82(71)117-49-39-61(15)16)122-53-43-110(25,30-3)31-4;/h58-64H,28-57H2,1-27H3;/q+4;. The molecule has 0 aliphatic carbocycles. The molecule has 125 heavy (non-hydrogen) atoms. The van der Waals surface area contributed by atoms with E-state index in [1.54, 1.807) is 56.4 Å². The fourth-order valence-corrected chi connectivity index (χ4v) is 21.6. The van der Waals surface area contributed by atoms with E-state index in [9.17, 15) is 0 Å². The van der Waals surface area contributed by atoms with Gasteiger partial charge in [0.25, 0.3) is 11.5 Å². The van der Waals surface area contributed by atoms with E-state index in [-0.39, 0.29) is 95.1 Å². The number of aliphatic imine (C=N–C) groups is 2. The molecular weight excluding hydrogens is 1770 g/mol. The van der Waals surface area contributed by atoms with Gasteiger partial charge in [0, 0.05) is 85.8 Å². The van der Waals surface area contributed by atoms with Crippen molar-refractivity contribution in [3.05, 3.63) is 53.3 Å². The first-order chi connectivity index (χ1) is 58.9. The Kier molecular flexibility index (Phi) is 38.8. The topological polar surface area (TPSA) is 162 Å². The molecule has 0 atom stereocenters. The van der Waals surface area contributed by atoms with Gasteiger partial charge >= 0.3 is 0 Å². The molecule has 4 aliphatic rings. The van der Waals surface area contributed by atoms with Gasteiger partial charge in [-0.3, -0.25) is 0 Å². The second kappa shape index (κ2) is 46.4. The minimum atomic E-state index is 0. The zero-order valence-electron chi connectivity index (χ0n) is 80.5. The molecule has 0 fully saturated rings. The van der Waals surface area contributed by atoms with Crippen LogP contribution in [0.15, 0.2) is 44.2 Å². The number of quaternary nitrogens is 4. The van der Waals surface area contributed by atoms with Crippen LogP contribution in [0.1, 0.15) is 213 Å². The third-order valence-electron chi connectivity index (χ3n) is 25.6. The molecule has 6 heterocycles. The van der Waals surface area contributed by atoms with E-state index < -0.39 is 0 Å². The summed E-state index contributed by atoms with van der Waals surface area (Å²) in [5.41, 5.74) is 3.44. The van der Waals surface area contributed by atoms with Crippen LogP contribution in [0.5, 0.6) is 34.5 Å². The molecule has 1 radical (unpaired) electrons. The van der Waals surface area contributed by atoms with Gasteiger partial charge < -0.3 is 66.1 Å². The quantitative estimate of drug-likeness (QED) is 0.0201. The molecule has 6 aromatic rings. The van der Waals surface area contributed by atoms with Crippen LogP contribution in [-0.2, 0) is 29.9 Å². The van der Waals surface area contributed by atoms with Gasteiger partial charge in [-0.15, -0.1) is 47.0 Å². The summed E-state index contributed by atoms with van der Waals surface area (Å²) in [4.78, 5) is 39.1. The zero-order chi connectivity index (χ0) is 90.6. The maximum absolute atomic E-state index is 8.35. The summed E-state index contributed by atoms with van der Waals surface area (Å²) in [6.45, 7) is 64.7. The summed E-state index contributed by atoms with van der Waals surface area (Å²) in [6, 6.07) is 0. The Morgan fingerprint density at radius 3 is 1.18 bits per heavy atom. The summed E-state index contributed by atoms with van der Waals surface area (Å²) >= 11 is 39.9. The Morgan fingerprint density at radius 2 is 0.752 bits per heavy atom. The van der Waals surface area contributed by atoms with Crippen molar-refractivity contribution in [3.63, 3.8) is 0 Å². The monoisotopic (exact) mass is 1920 g/mol.